The van der Waals surface area contributed by atoms with E-state index in [1.807, 2.05) is 18.2 Å². The van der Waals surface area contributed by atoms with Gasteiger partial charge in [-0.15, -0.1) is 18.3 Å². The van der Waals surface area contributed by atoms with Gasteiger partial charge in [-0.1, -0.05) is 29.8 Å². The number of hydrogen-bond acceptors (Lipinski definition) is 3. The van der Waals surface area contributed by atoms with Crippen molar-refractivity contribution in [2.45, 2.75) is 4.90 Å². The van der Waals surface area contributed by atoms with E-state index < -0.39 is 0 Å². The molecule has 1 rings (SSSR count). The molecule has 1 N–H and O–H groups in total. The Balaban J connectivity index is 2.53. The third kappa shape index (κ3) is 4.72. The van der Waals surface area contributed by atoms with Crippen molar-refractivity contribution in [1.29, 1.82) is 0 Å². The van der Waals surface area contributed by atoms with E-state index in [0.717, 1.165) is 4.90 Å². The minimum Gasteiger partial charge on any atom is -0.395 e. The zero-order valence-corrected chi connectivity index (χ0v) is 11.6. The summed E-state index contributed by atoms with van der Waals surface area (Å²) in [5, 5.41) is 9.53. The van der Waals surface area contributed by atoms with Gasteiger partial charge >= 0.3 is 0 Å². The lowest BCUT2D eigenvalue weighted by Crippen LogP contribution is -2.34. The van der Waals surface area contributed by atoms with Crippen LogP contribution in [-0.2, 0) is 4.79 Å². The molecule has 1 aromatic rings. The molecule has 0 radical (unpaired) electrons. The Morgan fingerprint density at radius 3 is 2.83 bits per heavy atom. The minimum atomic E-state index is -0.0453. The summed E-state index contributed by atoms with van der Waals surface area (Å²) in [6, 6.07) is 7.41. The largest absolute Gasteiger partial charge is 0.395 e. The van der Waals surface area contributed by atoms with E-state index in [0.29, 0.717) is 23.9 Å². The van der Waals surface area contributed by atoms with Crippen molar-refractivity contribution in [3.05, 3.63) is 41.9 Å². The van der Waals surface area contributed by atoms with Gasteiger partial charge in [-0.3, -0.25) is 4.79 Å². The zero-order chi connectivity index (χ0) is 13.4. The predicted octanol–water partition coefficient (Wildman–Crippen LogP) is 2.44. The lowest BCUT2D eigenvalue weighted by Gasteiger charge is -2.19. The fourth-order valence-corrected chi connectivity index (χ4v) is 2.53. The molecule has 0 spiro atoms. The number of thioether (sulfide) groups is 1. The van der Waals surface area contributed by atoms with Gasteiger partial charge in [0, 0.05) is 18.0 Å². The van der Waals surface area contributed by atoms with Crippen molar-refractivity contribution in [3.63, 3.8) is 0 Å². The topological polar surface area (TPSA) is 40.5 Å². The van der Waals surface area contributed by atoms with E-state index in [1.165, 1.54) is 11.8 Å². The Bertz CT molecular complexity index is 412. The van der Waals surface area contributed by atoms with Gasteiger partial charge in [-0.2, -0.15) is 0 Å². The average Bonchev–Trinajstić information content (AvgIpc) is 2.37. The first-order chi connectivity index (χ1) is 8.69. The number of carbonyl (C=O) groups is 1. The second-order valence-corrected chi connectivity index (χ2v) is 5.00. The fourth-order valence-electron chi connectivity index (χ4n) is 1.39. The Morgan fingerprint density at radius 1 is 1.50 bits per heavy atom. The summed E-state index contributed by atoms with van der Waals surface area (Å²) < 4.78 is 0. The molecule has 0 fully saturated rings. The van der Waals surface area contributed by atoms with Crippen molar-refractivity contribution in [2.75, 3.05) is 25.4 Å². The first kappa shape index (κ1) is 15.1. The number of hydrogen-bond donors (Lipinski definition) is 1. The molecule has 3 nitrogen and oxygen atoms in total. The maximum atomic E-state index is 11.9. The third-order valence-electron chi connectivity index (χ3n) is 2.26. The number of aliphatic hydroxyl groups excluding tert-OH is 1. The summed E-state index contributed by atoms with van der Waals surface area (Å²) in [5.41, 5.74) is 0. The number of benzene rings is 1. The van der Waals surface area contributed by atoms with Crippen LogP contribution in [0.3, 0.4) is 0 Å². The van der Waals surface area contributed by atoms with Crippen molar-refractivity contribution in [1.82, 2.24) is 4.90 Å². The van der Waals surface area contributed by atoms with Crippen LogP contribution in [0.25, 0.3) is 0 Å². The molecule has 0 unspecified atom stereocenters. The van der Waals surface area contributed by atoms with E-state index in [9.17, 15) is 4.79 Å². The van der Waals surface area contributed by atoms with E-state index in [1.54, 1.807) is 17.0 Å². The van der Waals surface area contributed by atoms with Gasteiger partial charge in [-0.05, 0) is 12.1 Å². The van der Waals surface area contributed by atoms with Crippen LogP contribution in [0.15, 0.2) is 41.8 Å². The van der Waals surface area contributed by atoms with Crippen LogP contribution in [0.1, 0.15) is 0 Å². The van der Waals surface area contributed by atoms with Gasteiger partial charge in [0.2, 0.25) is 5.91 Å². The Hall–Kier alpha value is -0.970. The monoisotopic (exact) mass is 285 g/mol. The second kappa shape index (κ2) is 8.19. The fraction of sp³-hybridized carbons (Fsp3) is 0.308. The molecule has 0 aromatic heterocycles. The lowest BCUT2D eigenvalue weighted by atomic mass is 10.4. The first-order valence-corrected chi connectivity index (χ1v) is 6.92. The highest BCUT2D eigenvalue weighted by molar-refractivity contribution is 8.00. The molecule has 0 saturated heterocycles. The number of halogens is 1. The number of aliphatic hydroxyl groups is 1. The van der Waals surface area contributed by atoms with Crippen LogP contribution >= 0.6 is 23.4 Å². The van der Waals surface area contributed by atoms with Gasteiger partial charge < -0.3 is 10.0 Å². The number of carbonyl (C=O) groups excluding carboxylic acids is 1. The third-order valence-corrected chi connectivity index (χ3v) is 3.76. The van der Waals surface area contributed by atoms with Crippen LogP contribution in [-0.4, -0.2) is 41.4 Å². The van der Waals surface area contributed by atoms with Crippen molar-refractivity contribution < 1.29 is 9.90 Å². The molecular weight excluding hydrogens is 270 g/mol. The molecule has 0 heterocycles. The zero-order valence-electron chi connectivity index (χ0n) is 10.0. The van der Waals surface area contributed by atoms with Gasteiger partial charge in [0.1, 0.15) is 0 Å². The van der Waals surface area contributed by atoms with Crippen LogP contribution < -0.4 is 0 Å². The Morgan fingerprint density at radius 2 is 2.22 bits per heavy atom. The van der Waals surface area contributed by atoms with Crippen LogP contribution in [0.2, 0.25) is 5.02 Å². The molecule has 0 bridgehead atoms. The SMILES string of the molecule is C=CCN(CCO)C(=O)CSc1ccccc1Cl. The highest BCUT2D eigenvalue weighted by Crippen LogP contribution is 2.26. The predicted molar refractivity (Wildman–Crippen MR) is 76.0 cm³/mol. The molecule has 0 aliphatic heterocycles. The molecular formula is C13H16ClNO2S. The average molecular weight is 286 g/mol. The van der Waals surface area contributed by atoms with E-state index in [4.69, 9.17) is 16.7 Å². The molecule has 98 valence electrons. The van der Waals surface area contributed by atoms with Crippen LogP contribution in [0, 0.1) is 0 Å². The van der Waals surface area contributed by atoms with Crippen molar-refractivity contribution in [3.8, 4) is 0 Å². The maximum absolute atomic E-state index is 11.9. The van der Waals surface area contributed by atoms with E-state index in [-0.39, 0.29) is 12.5 Å². The van der Waals surface area contributed by atoms with Gasteiger partial charge in [0.25, 0.3) is 0 Å². The molecule has 1 amide bonds. The number of rotatable bonds is 7. The summed E-state index contributed by atoms with van der Waals surface area (Å²) in [5.74, 6) is 0.270. The first-order valence-electron chi connectivity index (χ1n) is 5.56. The number of amides is 1. The van der Waals surface area contributed by atoms with Crippen LogP contribution in [0.4, 0.5) is 0 Å². The minimum absolute atomic E-state index is 0.0335. The standard InChI is InChI=1S/C13H16ClNO2S/c1-2-7-15(8-9-16)13(17)10-18-12-6-4-3-5-11(12)14/h2-6,16H,1,7-10H2. The molecule has 0 aliphatic carbocycles. The van der Waals surface area contributed by atoms with Gasteiger partial charge in [-0.25, -0.2) is 0 Å². The molecule has 0 aliphatic rings. The highest BCUT2D eigenvalue weighted by atomic mass is 35.5. The van der Waals surface area contributed by atoms with Gasteiger partial charge in [0.15, 0.2) is 0 Å². The highest BCUT2D eigenvalue weighted by Gasteiger charge is 2.12. The molecule has 18 heavy (non-hydrogen) atoms. The normalized spacial score (nSPS) is 10.1. The Kier molecular flexibility index (Phi) is 6.86. The number of nitrogens with zero attached hydrogens (tertiary/aromatic N) is 1. The molecule has 0 saturated carbocycles. The Labute approximate surface area is 116 Å². The summed E-state index contributed by atoms with van der Waals surface area (Å²) in [6.45, 7) is 4.32. The quantitative estimate of drug-likeness (QED) is 0.618. The lowest BCUT2D eigenvalue weighted by molar-refractivity contribution is -0.128. The molecule has 0 atom stereocenters. The molecule has 1 aromatic carbocycles. The van der Waals surface area contributed by atoms with E-state index >= 15 is 0 Å². The van der Waals surface area contributed by atoms with Crippen molar-refractivity contribution >= 4 is 29.3 Å². The maximum Gasteiger partial charge on any atom is 0.233 e. The summed E-state index contributed by atoms with van der Waals surface area (Å²) >= 11 is 7.40. The summed E-state index contributed by atoms with van der Waals surface area (Å²) in [7, 11) is 0. The van der Waals surface area contributed by atoms with Crippen LogP contribution in [0.5, 0.6) is 0 Å². The van der Waals surface area contributed by atoms with Gasteiger partial charge in [0.05, 0.1) is 17.4 Å². The van der Waals surface area contributed by atoms with Crippen molar-refractivity contribution in [2.24, 2.45) is 0 Å². The second-order valence-electron chi connectivity index (χ2n) is 3.57. The van der Waals surface area contributed by atoms with E-state index in [2.05, 4.69) is 6.58 Å². The smallest absolute Gasteiger partial charge is 0.233 e. The summed E-state index contributed by atoms with van der Waals surface area (Å²) in [6.07, 6.45) is 1.65. The summed E-state index contributed by atoms with van der Waals surface area (Å²) in [4.78, 5) is 14.4. The molecule has 5 heteroatoms.